The molecule has 106 valence electrons. The summed E-state index contributed by atoms with van der Waals surface area (Å²) in [5.41, 5.74) is 0.470. The lowest BCUT2D eigenvalue weighted by Crippen LogP contribution is -2.48. The lowest BCUT2D eigenvalue weighted by atomic mass is 9.89. The fourth-order valence-electron chi connectivity index (χ4n) is 2.87. The van der Waals surface area contributed by atoms with Crippen molar-refractivity contribution in [2.24, 2.45) is 0 Å². The number of hydrogen-bond donors (Lipinski definition) is 1. The first-order valence-corrected chi connectivity index (χ1v) is 7.20. The Morgan fingerprint density at radius 2 is 1.58 bits per heavy atom. The maximum Gasteiger partial charge on any atom is 0.123 e. The van der Waals surface area contributed by atoms with Crippen LogP contribution in [-0.2, 0) is 0 Å². The Bertz CT molecular complexity index is 394. The number of hydrogen-bond acceptors (Lipinski definition) is 2. The summed E-state index contributed by atoms with van der Waals surface area (Å²) in [5.74, 6) is -0.261. The molecule has 0 saturated carbocycles. The van der Waals surface area contributed by atoms with Gasteiger partial charge in [0.05, 0.1) is 6.10 Å². The first kappa shape index (κ1) is 14.5. The molecule has 1 aliphatic heterocycles. The van der Waals surface area contributed by atoms with Gasteiger partial charge in [-0.3, -0.25) is 4.90 Å². The molecule has 0 spiro atoms. The van der Waals surface area contributed by atoms with E-state index in [-0.39, 0.29) is 11.4 Å². The van der Waals surface area contributed by atoms with Gasteiger partial charge in [-0.2, -0.15) is 0 Å². The number of halogens is 1. The van der Waals surface area contributed by atoms with Gasteiger partial charge >= 0.3 is 0 Å². The molecule has 1 aromatic carbocycles. The summed E-state index contributed by atoms with van der Waals surface area (Å²) in [5, 5.41) is 10.6. The second-order valence-electron chi connectivity index (χ2n) is 6.01. The number of aliphatic hydroxyl groups excluding tert-OH is 1. The molecular formula is C16H24FNO. The van der Waals surface area contributed by atoms with E-state index in [1.807, 2.05) is 0 Å². The summed E-state index contributed by atoms with van der Waals surface area (Å²) < 4.78 is 13.0. The van der Waals surface area contributed by atoms with Crippen LogP contribution in [0.1, 0.15) is 51.2 Å². The minimum Gasteiger partial charge on any atom is -0.386 e. The summed E-state index contributed by atoms with van der Waals surface area (Å²) in [6.07, 6.45) is 4.35. The van der Waals surface area contributed by atoms with Crippen molar-refractivity contribution in [2.75, 3.05) is 13.1 Å². The molecule has 0 aliphatic carbocycles. The van der Waals surface area contributed by atoms with Crippen LogP contribution in [0.2, 0.25) is 0 Å². The van der Waals surface area contributed by atoms with Gasteiger partial charge in [-0.25, -0.2) is 4.39 Å². The predicted molar refractivity (Wildman–Crippen MR) is 75.5 cm³/mol. The Labute approximate surface area is 115 Å². The highest BCUT2D eigenvalue weighted by atomic mass is 19.1. The summed E-state index contributed by atoms with van der Waals surface area (Å²) in [4.78, 5) is 2.37. The zero-order chi connectivity index (χ0) is 13.9. The summed E-state index contributed by atoms with van der Waals surface area (Å²) in [7, 11) is 0. The third-order valence-corrected chi connectivity index (χ3v) is 4.28. The molecule has 2 nitrogen and oxygen atoms in total. The summed E-state index contributed by atoms with van der Waals surface area (Å²) >= 11 is 0. The Balaban J connectivity index is 2.14. The predicted octanol–water partition coefficient (Wildman–Crippen LogP) is 3.51. The second-order valence-corrected chi connectivity index (χ2v) is 6.01. The van der Waals surface area contributed by atoms with Gasteiger partial charge in [-0.1, -0.05) is 25.0 Å². The Morgan fingerprint density at radius 1 is 1.05 bits per heavy atom. The fraction of sp³-hybridized carbons (Fsp3) is 0.625. The molecule has 1 heterocycles. The van der Waals surface area contributed by atoms with E-state index in [1.54, 1.807) is 12.1 Å². The first-order chi connectivity index (χ1) is 9.01. The van der Waals surface area contributed by atoms with Crippen LogP contribution in [0.25, 0.3) is 0 Å². The molecule has 2 rings (SSSR count). The van der Waals surface area contributed by atoms with Crippen LogP contribution < -0.4 is 0 Å². The van der Waals surface area contributed by atoms with Crippen LogP contribution in [0.4, 0.5) is 4.39 Å². The topological polar surface area (TPSA) is 23.5 Å². The minimum atomic E-state index is -0.591. The number of aliphatic hydroxyl groups is 1. The van der Waals surface area contributed by atoms with Crippen LogP contribution >= 0.6 is 0 Å². The molecule has 3 heteroatoms. The van der Waals surface area contributed by atoms with Crippen molar-refractivity contribution in [3.63, 3.8) is 0 Å². The van der Waals surface area contributed by atoms with Crippen molar-refractivity contribution in [2.45, 2.75) is 51.2 Å². The van der Waals surface area contributed by atoms with Crippen molar-refractivity contribution in [1.82, 2.24) is 4.90 Å². The molecule has 19 heavy (non-hydrogen) atoms. The Kier molecular flexibility index (Phi) is 4.58. The molecular weight excluding hydrogens is 241 g/mol. The summed E-state index contributed by atoms with van der Waals surface area (Å²) in [6, 6.07) is 6.19. The van der Waals surface area contributed by atoms with Gasteiger partial charge in [0.1, 0.15) is 5.82 Å². The molecule has 1 fully saturated rings. The van der Waals surface area contributed by atoms with Gasteiger partial charge < -0.3 is 5.11 Å². The molecule has 0 aromatic heterocycles. The molecule has 1 N–H and O–H groups in total. The van der Waals surface area contributed by atoms with E-state index in [9.17, 15) is 9.50 Å². The highest BCUT2D eigenvalue weighted by Gasteiger charge is 2.35. The number of rotatable bonds is 3. The average molecular weight is 265 g/mol. The van der Waals surface area contributed by atoms with E-state index in [2.05, 4.69) is 18.7 Å². The SMILES string of the molecule is CC(C)(C(O)c1ccc(F)cc1)N1CCCCCC1. The molecule has 1 unspecified atom stereocenters. The van der Waals surface area contributed by atoms with Crippen LogP contribution in [0.3, 0.4) is 0 Å². The molecule has 0 radical (unpaired) electrons. The highest BCUT2D eigenvalue weighted by Crippen LogP contribution is 2.32. The zero-order valence-corrected chi connectivity index (χ0v) is 11.9. The Hall–Kier alpha value is -0.930. The van der Waals surface area contributed by atoms with E-state index in [0.717, 1.165) is 18.7 Å². The van der Waals surface area contributed by atoms with Crippen molar-refractivity contribution < 1.29 is 9.50 Å². The van der Waals surface area contributed by atoms with Gasteiger partial charge in [-0.15, -0.1) is 0 Å². The molecule has 1 atom stereocenters. The quantitative estimate of drug-likeness (QED) is 0.904. The molecule has 1 aliphatic rings. The lowest BCUT2D eigenvalue weighted by molar-refractivity contribution is -0.0100. The minimum absolute atomic E-state index is 0.261. The number of likely N-dealkylation sites (tertiary alicyclic amines) is 1. The van der Waals surface area contributed by atoms with Crippen LogP contribution in [0.15, 0.2) is 24.3 Å². The number of benzene rings is 1. The summed E-state index contributed by atoms with van der Waals surface area (Å²) in [6.45, 7) is 6.22. The van der Waals surface area contributed by atoms with Crippen molar-refractivity contribution in [3.8, 4) is 0 Å². The molecule has 0 amide bonds. The van der Waals surface area contributed by atoms with E-state index < -0.39 is 6.10 Å². The smallest absolute Gasteiger partial charge is 0.123 e. The van der Waals surface area contributed by atoms with Crippen molar-refractivity contribution in [3.05, 3.63) is 35.6 Å². The van der Waals surface area contributed by atoms with Gasteiger partial charge in [0.25, 0.3) is 0 Å². The van der Waals surface area contributed by atoms with E-state index in [4.69, 9.17) is 0 Å². The fourth-order valence-corrected chi connectivity index (χ4v) is 2.87. The molecule has 1 aromatic rings. The standard InChI is InChI=1S/C16H24FNO/c1-16(2,18-11-5-3-4-6-12-18)15(19)13-7-9-14(17)10-8-13/h7-10,15,19H,3-6,11-12H2,1-2H3. The van der Waals surface area contributed by atoms with Gasteiger partial charge in [-0.05, 0) is 57.5 Å². The van der Waals surface area contributed by atoms with Gasteiger partial charge in [0, 0.05) is 5.54 Å². The maximum absolute atomic E-state index is 13.0. The maximum atomic E-state index is 13.0. The van der Waals surface area contributed by atoms with Crippen LogP contribution in [0.5, 0.6) is 0 Å². The highest BCUT2D eigenvalue weighted by molar-refractivity contribution is 5.21. The first-order valence-electron chi connectivity index (χ1n) is 7.20. The van der Waals surface area contributed by atoms with Crippen molar-refractivity contribution in [1.29, 1.82) is 0 Å². The van der Waals surface area contributed by atoms with E-state index in [0.29, 0.717) is 0 Å². The monoisotopic (exact) mass is 265 g/mol. The largest absolute Gasteiger partial charge is 0.386 e. The normalized spacial score (nSPS) is 20.0. The second kappa shape index (κ2) is 6.02. The van der Waals surface area contributed by atoms with Crippen LogP contribution in [0, 0.1) is 5.82 Å². The van der Waals surface area contributed by atoms with Crippen molar-refractivity contribution >= 4 is 0 Å². The number of nitrogens with zero attached hydrogens (tertiary/aromatic N) is 1. The molecule has 1 saturated heterocycles. The lowest BCUT2D eigenvalue weighted by Gasteiger charge is -2.41. The van der Waals surface area contributed by atoms with Gasteiger partial charge in [0.2, 0.25) is 0 Å². The average Bonchev–Trinajstić information content (AvgIpc) is 2.68. The van der Waals surface area contributed by atoms with E-state index in [1.165, 1.54) is 37.8 Å². The third kappa shape index (κ3) is 3.34. The van der Waals surface area contributed by atoms with Gasteiger partial charge in [0.15, 0.2) is 0 Å². The van der Waals surface area contributed by atoms with Crippen LogP contribution in [-0.4, -0.2) is 28.6 Å². The molecule has 0 bridgehead atoms. The third-order valence-electron chi connectivity index (χ3n) is 4.28. The van der Waals surface area contributed by atoms with E-state index >= 15 is 0 Å². The Morgan fingerprint density at radius 3 is 2.11 bits per heavy atom. The zero-order valence-electron chi connectivity index (χ0n) is 11.9.